The minimum Gasteiger partial charge on any atom is -0.478 e. The Morgan fingerprint density at radius 2 is 1.86 bits per heavy atom. The maximum Gasteiger partial charge on any atom is 0.335 e. The minimum absolute atomic E-state index is 0.194. The number of aromatic carboxylic acids is 1. The van der Waals surface area contributed by atoms with Crippen molar-refractivity contribution in [3.05, 3.63) is 71.9 Å². The smallest absolute Gasteiger partial charge is 0.335 e. The van der Waals surface area contributed by atoms with Crippen LogP contribution in [-0.4, -0.2) is 21.0 Å². The molecule has 0 unspecified atom stereocenters. The third-order valence-corrected chi connectivity index (χ3v) is 3.00. The van der Waals surface area contributed by atoms with Crippen LogP contribution in [0, 0.1) is 0 Å². The Labute approximate surface area is 126 Å². The average Bonchev–Trinajstić information content (AvgIpc) is 3.03. The number of hydrogen-bond donors (Lipinski definition) is 1. The lowest BCUT2D eigenvalue weighted by atomic mass is 10.2. The van der Waals surface area contributed by atoms with Gasteiger partial charge in [-0.3, -0.25) is 4.98 Å². The molecule has 2 heterocycles. The molecule has 2 aromatic heterocycles. The summed E-state index contributed by atoms with van der Waals surface area (Å²) in [6.07, 6.45) is 6.42. The fourth-order valence-electron chi connectivity index (χ4n) is 1.92. The molecule has 5 nitrogen and oxygen atoms in total. The summed E-state index contributed by atoms with van der Waals surface area (Å²) < 4.78 is 5.42. The SMILES string of the molecule is O=C(O)c1ccnc(/C=C/c2coc(-c3ccccc3)n2)c1. The summed E-state index contributed by atoms with van der Waals surface area (Å²) in [4.78, 5) is 19.4. The van der Waals surface area contributed by atoms with Crippen molar-refractivity contribution in [2.45, 2.75) is 0 Å². The molecule has 0 amide bonds. The Hall–Kier alpha value is -3.21. The summed E-state index contributed by atoms with van der Waals surface area (Å²) in [5.41, 5.74) is 2.28. The van der Waals surface area contributed by atoms with Gasteiger partial charge in [0.2, 0.25) is 5.89 Å². The molecule has 0 aliphatic carbocycles. The van der Waals surface area contributed by atoms with E-state index in [1.165, 1.54) is 18.3 Å². The van der Waals surface area contributed by atoms with Gasteiger partial charge >= 0.3 is 5.97 Å². The van der Waals surface area contributed by atoms with Crippen LogP contribution >= 0.6 is 0 Å². The van der Waals surface area contributed by atoms with Gasteiger partial charge in [0.15, 0.2) is 0 Å². The van der Waals surface area contributed by atoms with Crippen molar-refractivity contribution in [3.63, 3.8) is 0 Å². The van der Waals surface area contributed by atoms with Crippen molar-refractivity contribution in [2.75, 3.05) is 0 Å². The van der Waals surface area contributed by atoms with Crippen LogP contribution in [0.15, 0.2) is 59.3 Å². The first-order valence-corrected chi connectivity index (χ1v) is 6.61. The summed E-state index contributed by atoms with van der Waals surface area (Å²) in [7, 11) is 0. The molecule has 108 valence electrons. The van der Waals surface area contributed by atoms with E-state index in [4.69, 9.17) is 9.52 Å². The molecule has 0 fully saturated rings. The molecular formula is C17H12N2O3. The largest absolute Gasteiger partial charge is 0.478 e. The second-order valence-corrected chi connectivity index (χ2v) is 4.55. The topological polar surface area (TPSA) is 76.2 Å². The van der Waals surface area contributed by atoms with Crippen LogP contribution in [-0.2, 0) is 0 Å². The number of nitrogens with zero attached hydrogens (tertiary/aromatic N) is 2. The molecule has 0 atom stereocenters. The van der Waals surface area contributed by atoms with Crippen LogP contribution in [0.1, 0.15) is 21.7 Å². The maximum absolute atomic E-state index is 10.9. The average molecular weight is 292 g/mol. The lowest BCUT2D eigenvalue weighted by Crippen LogP contribution is -1.96. The van der Waals surface area contributed by atoms with Crippen LogP contribution in [0.5, 0.6) is 0 Å². The van der Waals surface area contributed by atoms with Crippen molar-refractivity contribution in [1.82, 2.24) is 9.97 Å². The van der Waals surface area contributed by atoms with Crippen molar-refractivity contribution < 1.29 is 14.3 Å². The normalized spacial score (nSPS) is 10.9. The van der Waals surface area contributed by atoms with Gasteiger partial charge in [-0.15, -0.1) is 0 Å². The number of benzene rings is 1. The van der Waals surface area contributed by atoms with E-state index in [1.807, 2.05) is 30.3 Å². The van der Waals surface area contributed by atoms with Crippen LogP contribution in [0.25, 0.3) is 23.6 Å². The summed E-state index contributed by atoms with van der Waals surface area (Å²) in [5.74, 6) is -0.447. The molecular weight excluding hydrogens is 280 g/mol. The molecule has 0 aliphatic rings. The first-order chi connectivity index (χ1) is 10.7. The Bertz CT molecular complexity index is 823. The van der Waals surface area contributed by atoms with E-state index >= 15 is 0 Å². The molecule has 1 aromatic carbocycles. The van der Waals surface area contributed by atoms with Gasteiger partial charge in [-0.25, -0.2) is 9.78 Å². The van der Waals surface area contributed by atoms with E-state index in [2.05, 4.69) is 9.97 Å². The second kappa shape index (κ2) is 6.05. The number of hydrogen-bond acceptors (Lipinski definition) is 4. The third-order valence-electron chi connectivity index (χ3n) is 3.00. The lowest BCUT2D eigenvalue weighted by molar-refractivity contribution is 0.0696. The van der Waals surface area contributed by atoms with Crippen LogP contribution < -0.4 is 0 Å². The van der Waals surface area contributed by atoms with Crippen molar-refractivity contribution in [3.8, 4) is 11.5 Å². The van der Waals surface area contributed by atoms with E-state index in [0.717, 1.165) is 5.56 Å². The number of carboxylic acids is 1. The van der Waals surface area contributed by atoms with Gasteiger partial charge in [-0.1, -0.05) is 18.2 Å². The molecule has 0 aliphatic heterocycles. The zero-order valence-corrected chi connectivity index (χ0v) is 11.5. The van der Waals surface area contributed by atoms with E-state index in [-0.39, 0.29) is 5.56 Å². The molecule has 22 heavy (non-hydrogen) atoms. The predicted octanol–water partition coefficient (Wildman–Crippen LogP) is 3.61. The van der Waals surface area contributed by atoms with E-state index < -0.39 is 5.97 Å². The van der Waals surface area contributed by atoms with Gasteiger partial charge in [0.25, 0.3) is 0 Å². The Morgan fingerprint density at radius 3 is 2.64 bits per heavy atom. The lowest BCUT2D eigenvalue weighted by Gasteiger charge is -1.95. The molecule has 5 heteroatoms. The highest BCUT2D eigenvalue weighted by Gasteiger charge is 2.05. The Balaban J connectivity index is 1.80. The number of carbonyl (C=O) groups is 1. The minimum atomic E-state index is -0.982. The highest BCUT2D eigenvalue weighted by molar-refractivity contribution is 5.88. The van der Waals surface area contributed by atoms with Gasteiger partial charge < -0.3 is 9.52 Å². The first-order valence-electron chi connectivity index (χ1n) is 6.61. The summed E-state index contributed by atoms with van der Waals surface area (Å²) in [5, 5.41) is 8.94. The summed E-state index contributed by atoms with van der Waals surface area (Å²) in [6.45, 7) is 0. The molecule has 0 bridgehead atoms. The van der Waals surface area contributed by atoms with Crippen LogP contribution in [0.4, 0.5) is 0 Å². The number of oxazole rings is 1. The third kappa shape index (κ3) is 3.09. The highest BCUT2D eigenvalue weighted by atomic mass is 16.4. The van der Waals surface area contributed by atoms with E-state index in [0.29, 0.717) is 17.3 Å². The Kier molecular flexibility index (Phi) is 3.78. The second-order valence-electron chi connectivity index (χ2n) is 4.55. The zero-order chi connectivity index (χ0) is 15.4. The number of pyridine rings is 1. The summed E-state index contributed by atoms with van der Waals surface area (Å²) in [6, 6.07) is 12.5. The zero-order valence-electron chi connectivity index (χ0n) is 11.5. The van der Waals surface area contributed by atoms with Gasteiger partial charge in [-0.05, 0) is 36.4 Å². The van der Waals surface area contributed by atoms with Crippen molar-refractivity contribution in [2.24, 2.45) is 0 Å². The molecule has 0 saturated heterocycles. The number of carboxylic acid groups (broad SMARTS) is 1. The van der Waals surface area contributed by atoms with E-state index in [9.17, 15) is 4.79 Å². The molecule has 0 saturated carbocycles. The number of rotatable bonds is 4. The van der Waals surface area contributed by atoms with Gasteiger partial charge in [0, 0.05) is 11.8 Å². The standard InChI is InChI=1S/C17H12N2O3/c20-17(21)13-8-9-18-14(10-13)6-7-15-11-22-16(19-15)12-4-2-1-3-5-12/h1-11H,(H,20,21)/b7-6+. The fourth-order valence-corrected chi connectivity index (χ4v) is 1.92. The van der Waals surface area contributed by atoms with Crippen LogP contribution in [0.3, 0.4) is 0 Å². The van der Waals surface area contributed by atoms with Crippen LogP contribution in [0.2, 0.25) is 0 Å². The van der Waals surface area contributed by atoms with Gasteiger partial charge in [0.1, 0.15) is 12.0 Å². The quantitative estimate of drug-likeness (QED) is 0.795. The maximum atomic E-state index is 10.9. The van der Waals surface area contributed by atoms with E-state index in [1.54, 1.807) is 18.4 Å². The Morgan fingerprint density at radius 1 is 1.09 bits per heavy atom. The molecule has 1 N–H and O–H groups in total. The molecule has 0 spiro atoms. The molecule has 3 rings (SSSR count). The fraction of sp³-hybridized carbons (Fsp3) is 0. The summed E-state index contributed by atoms with van der Waals surface area (Å²) >= 11 is 0. The van der Waals surface area contributed by atoms with Crippen molar-refractivity contribution in [1.29, 1.82) is 0 Å². The molecule has 3 aromatic rings. The highest BCUT2D eigenvalue weighted by Crippen LogP contribution is 2.18. The number of aromatic nitrogens is 2. The van der Waals surface area contributed by atoms with Gasteiger partial charge in [0.05, 0.1) is 11.3 Å². The van der Waals surface area contributed by atoms with Gasteiger partial charge in [-0.2, -0.15) is 0 Å². The predicted molar refractivity (Wildman–Crippen MR) is 82.1 cm³/mol. The molecule has 0 radical (unpaired) electrons. The monoisotopic (exact) mass is 292 g/mol. The van der Waals surface area contributed by atoms with Crippen molar-refractivity contribution >= 4 is 18.1 Å². The first kappa shape index (κ1) is 13.8.